The standard InChI is InChI=1S/C24H35FN2O/c1-23(2,3)10-13-27-14-11-24(12-15-27)9-8-21(26-22(28)17-4-5-17)19-7-6-18(25)16-20(19)24/h6-7,16-17,21H,4-5,8-15H2,1-3H3,(H,26,28)/t21-/m1/s1. The number of likely N-dealkylation sites (tertiary alicyclic amines) is 1. The van der Waals surface area contributed by atoms with Crippen LogP contribution in [0.5, 0.6) is 0 Å². The number of hydrogen-bond donors (Lipinski definition) is 1. The van der Waals surface area contributed by atoms with Gasteiger partial charge in [-0.05, 0) is 98.7 Å². The van der Waals surface area contributed by atoms with Gasteiger partial charge in [-0.15, -0.1) is 0 Å². The Hall–Kier alpha value is -1.42. The van der Waals surface area contributed by atoms with Crippen molar-refractivity contribution in [2.75, 3.05) is 19.6 Å². The number of halogens is 1. The van der Waals surface area contributed by atoms with Crippen molar-refractivity contribution in [3.05, 3.63) is 35.1 Å². The maximum atomic E-state index is 14.2. The zero-order chi connectivity index (χ0) is 19.9. The molecule has 154 valence electrons. The summed E-state index contributed by atoms with van der Waals surface area (Å²) in [6.45, 7) is 10.2. The van der Waals surface area contributed by atoms with Crippen LogP contribution >= 0.6 is 0 Å². The molecule has 0 unspecified atom stereocenters. The molecule has 1 aliphatic heterocycles. The smallest absolute Gasteiger partial charge is 0.223 e. The Labute approximate surface area is 169 Å². The van der Waals surface area contributed by atoms with Gasteiger partial charge >= 0.3 is 0 Å². The van der Waals surface area contributed by atoms with E-state index in [1.165, 1.54) is 6.42 Å². The first-order valence-corrected chi connectivity index (χ1v) is 11.1. The van der Waals surface area contributed by atoms with Gasteiger partial charge in [0.25, 0.3) is 0 Å². The van der Waals surface area contributed by atoms with E-state index in [1.807, 2.05) is 6.07 Å². The maximum absolute atomic E-state index is 14.2. The molecule has 28 heavy (non-hydrogen) atoms. The van der Waals surface area contributed by atoms with E-state index in [9.17, 15) is 9.18 Å². The van der Waals surface area contributed by atoms with Crippen LogP contribution in [0.1, 0.15) is 82.9 Å². The van der Waals surface area contributed by atoms with Crippen molar-refractivity contribution in [1.82, 2.24) is 10.2 Å². The number of amides is 1. The summed E-state index contributed by atoms with van der Waals surface area (Å²) in [5.41, 5.74) is 2.76. The minimum Gasteiger partial charge on any atom is -0.349 e. The second kappa shape index (κ2) is 7.44. The summed E-state index contributed by atoms with van der Waals surface area (Å²) in [6.07, 6.45) is 7.45. The van der Waals surface area contributed by atoms with Crippen LogP contribution in [0.25, 0.3) is 0 Å². The van der Waals surface area contributed by atoms with Crippen LogP contribution in [0.2, 0.25) is 0 Å². The van der Waals surface area contributed by atoms with Gasteiger partial charge in [0.05, 0.1) is 6.04 Å². The molecule has 2 fully saturated rings. The van der Waals surface area contributed by atoms with Gasteiger partial charge in [-0.2, -0.15) is 0 Å². The molecule has 4 heteroatoms. The normalized spacial score (nSPS) is 24.8. The molecule has 2 aliphatic carbocycles. The number of fused-ring (bicyclic) bond motifs is 2. The molecule has 1 spiro atoms. The summed E-state index contributed by atoms with van der Waals surface area (Å²) in [5.74, 6) is 0.251. The van der Waals surface area contributed by atoms with Crippen LogP contribution in [0.3, 0.4) is 0 Å². The lowest BCUT2D eigenvalue weighted by Crippen LogP contribution is -2.47. The monoisotopic (exact) mass is 386 g/mol. The van der Waals surface area contributed by atoms with Crippen LogP contribution < -0.4 is 5.32 Å². The molecular formula is C24H35FN2O. The molecule has 1 amide bonds. The van der Waals surface area contributed by atoms with E-state index in [4.69, 9.17) is 0 Å². The van der Waals surface area contributed by atoms with E-state index >= 15 is 0 Å². The van der Waals surface area contributed by atoms with Gasteiger partial charge in [0.1, 0.15) is 5.82 Å². The van der Waals surface area contributed by atoms with Crippen molar-refractivity contribution in [3.63, 3.8) is 0 Å². The van der Waals surface area contributed by atoms with Gasteiger partial charge in [-0.3, -0.25) is 4.79 Å². The average molecular weight is 387 g/mol. The summed E-state index contributed by atoms with van der Waals surface area (Å²) in [4.78, 5) is 14.9. The number of piperidine rings is 1. The Balaban J connectivity index is 1.49. The number of hydrogen-bond acceptors (Lipinski definition) is 2. The highest BCUT2D eigenvalue weighted by Crippen LogP contribution is 2.48. The Morgan fingerprint density at radius 1 is 1.18 bits per heavy atom. The first kappa shape index (κ1) is 19.9. The number of carbonyl (C=O) groups excluding carboxylic acids is 1. The predicted molar refractivity (Wildman–Crippen MR) is 111 cm³/mol. The predicted octanol–water partition coefficient (Wildman–Crippen LogP) is 4.96. The number of nitrogens with zero attached hydrogens (tertiary/aromatic N) is 1. The number of benzene rings is 1. The first-order valence-electron chi connectivity index (χ1n) is 11.1. The Bertz CT molecular complexity index is 727. The SMILES string of the molecule is CC(C)(C)CCN1CCC2(CC[C@@H](NC(=O)C3CC3)c3ccc(F)cc32)CC1. The van der Waals surface area contributed by atoms with Gasteiger partial charge in [-0.1, -0.05) is 26.8 Å². The van der Waals surface area contributed by atoms with Crippen molar-refractivity contribution in [1.29, 1.82) is 0 Å². The molecule has 1 heterocycles. The lowest BCUT2D eigenvalue weighted by molar-refractivity contribution is -0.123. The van der Waals surface area contributed by atoms with Crippen LogP contribution in [-0.2, 0) is 10.2 Å². The highest BCUT2D eigenvalue weighted by atomic mass is 19.1. The van der Waals surface area contributed by atoms with Gasteiger partial charge in [0.15, 0.2) is 0 Å². The molecule has 1 aromatic carbocycles. The number of rotatable bonds is 4. The van der Waals surface area contributed by atoms with E-state index in [-0.39, 0.29) is 29.1 Å². The molecule has 1 N–H and O–H groups in total. The summed E-state index contributed by atoms with van der Waals surface area (Å²) >= 11 is 0. The Kier molecular flexibility index (Phi) is 5.28. The van der Waals surface area contributed by atoms with Crippen molar-refractivity contribution >= 4 is 5.91 Å². The lowest BCUT2D eigenvalue weighted by Gasteiger charge is -2.47. The minimum absolute atomic E-state index is 0.0493. The highest BCUT2D eigenvalue weighted by molar-refractivity contribution is 5.81. The van der Waals surface area contributed by atoms with Crippen molar-refractivity contribution in [2.24, 2.45) is 11.3 Å². The van der Waals surface area contributed by atoms with E-state index in [2.05, 4.69) is 31.0 Å². The zero-order valence-electron chi connectivity index (χ0n) is 17.7. The molecule has 0 radical (unpaired) electrons. The number of nitrogens with one attached hydrogen (secondary N) is 1. The minimum atomic E-state index is -0.151. The molecule has 3 aliphatic rings. The third kappa shape index (κ3) is 4.27. The van der Waals surface area contributed by atoms with E-state index in [1.54, 1.807) is 12.1 Å². The second-order valence-electron chi connectivity index (χ2n) is 10.5. The third-order valence-corrected chi connectivity index (χ3v) is 7.13. The quantitative estimate of drug-likeness (QED) is 0.793. The largest absolute Gasteiger partial charge is 0.349 e. The van der Waals surface area contributed by atoms with Gasteiger partial charge < -0.3 is 10.2 Å². The summed E-state index contributed by atoms with van der Waals surface area (Å²) in [5, 5.41) is 3.25. The summed E-state index contributed by atoms with van der Waals surface area (Å²) in [6, 6.07) is 5.30. The lowest BCUT2D eigenvalue weighted by atomic mass is 9.63. The summed E-state index contributed by atoms with van der Waals surface area (Å²) in [7, 11) is 0. The Morgan fingerprint density at radius 3 is 2.54 bits per heavy atom. The fourth-order valence-electron chi connectivity index (χ4n) is 5.00. The fraction of sp³-hybridized carbons (Fsp3) is 0.708. The second-order valence-corrected chi connectivity index (χ2v) is 10.5. The van der Waals surface area contributed by atoms with Gasteiger partial charge in [-0.25, -0.2) is 4.39 Å². The molecule has 1 saturated heterocycles. The first-order chi connectivity index (χ1) is 13.3. The fourth-order valence-corrected chi connectivity index (χ4v) is 5.00. The molecule has 1 saturated carbocycles. The zero-order valence-corrected chi connectivity index (χ0v) is 17.7. The van der Waals surface area contributed by atoms with Crippen LogP contribution in [-0.4, -0.2) is 30.4 Å². The topological polar surface area (TPSA) is 32.3 Å². The van der Waals surface area contributed by atoms with Crippen LogP contribution in [0.15, 0.2) is 18.2 Å². The van der Waals surface area contributed by atoms with E-state index in [0.717, 1.165) is 69.3 Å². The molecule has 3 nitrogen and oxygen atoms in total. The van der Waals surface area contributed by atoms with Crippen molar-refractivity contribution in [3.8, 4) is 0 Å². The number of carbonyl (C=O) groups is 1. The Morgan fingerprint density at radius 2 is 1.89 bits per heavy atom. The summed E-state index contributed by atoms with van der Waals surface area (Å²) < 4.78 is 14.2. The van der Waals surface area contributed by atoms with Crippen LogP contribution in [0, 0.1) is 17.2 Å². The molecule has 1 atom stereocenters. The van der Waals surface area contributed by atoms with Crippen LogP contribution in [0.4, 0.5) is 4.39 Å². The third-order valence-electron chi connectivity index (χ3n) is 7.13. The molecule has 4 rings (SSSR count). The van der Waals surface area contributed by atoms with Crippen molar-refractivity contribution < 1.29 is 9.18 Å². The average Bonchev–Trinajstić information content (AvgIpc) is 3.48. The maximum Gasteiger partial charge on any atom is 0.223 e. The molecule has 0 bridgehead atoms. The molecule has 0 aromatic heterocycles. The highest BCUT2D eigenvalue weighted by Gasteiger charge is 2.43. The molecule has 1 aromatic rings. The van der Waals surface area contributed by atoms with E-state index < -0.39 is 0 Å². The van der Waals surface area contributed by atoms with E-state index in [0.29, 0.717) is 5.41 Å². The van der Waals surface area contributed by atoms with Gasteiger partial charge in [0, 0.05) is 5.92 Å². The van der Waals surface area contributed by atoms with Crippen molar-refractivity contribution in [2.45, 2.75) is 77.2 Å². The van der Waals surface area contributed by atoms with Gasteiger partial charge in [0.2, 0.25) is 5.91 Å². The molecular weight excluding hydrogens is 351 g/mol.